The summed E-state index contributed by atoms with van der Waals surface area (Å²) in [6, 6.07) is 23.3. The van der Waals surface area contributed by atoms with E-state index in [1.807, 2.05) is 36.4 Å². The number of hydrogen-bond donors (Lipinski definition) is 0. The first-order chi connectivity index (χ1) is 20.5. The fourth-order valence-corrected chi connectivity index (χ4v) is 6.47. The molecule has 210 valence electrons. The van der Waals surface area contributed by atoms with Gasteiger partial charge in [-0.3, -0.25) is 0 Å². The monoisotopic (exact) mass is 615 g/mol. The molecule has 1 aliphatic rings. The van der Waals surface area contributed by atoms with Crippen molar-refractivity contribution in [1.29, 1.82) is 0 Å². The Morgan fingerprint density at radius 3 is 2.33 bits per heavy atom. The maximum absolute atomic E-state index is 6.73. The van der Waals surface area contributed by atoms with Crippen molar-refractivity contribution in [1.82, 2.24) is 34.7 Å². The van der Waals surface area contributed by atoms with Crippen molar-refractivity contribution in [2.75, 3.05) is 0 Å². The molecule has 11 heteroatoms. The van der Waals surface area contributed by atoms with Gasteiger partial charge in [-0.25, -0.2) is 14.3 Å². The first-order valence-electron chi connectivity index (χ1n) is 13.6. The van der Waals surface area contributed by atoms with Crippen LogP contribution in [0.1, 0.15) is 42.7 Å². The smallest absolute Gasteiger partial charge is 0.268 e. The van der Waals surface area contributed by atoms with Gasteiger partial charge in [0, 0.05) is 21.2 Å². The van der Waals surface area contributed by atoms with E-state index in [2.05, 4.69) is 44.5 Å². The summed E-state index contributed by atoms with van der Waals surface area (Å²) in [5.41, 5.74) is 4.48. The van der Waals surface area contributed by atoms with Crippen LogP contribution in [0.3, 0.4) is 0 Å². The molecule has 6 aromatic rings. The summed E-state index contributed by atoms with van der Waals surface area (Å²) in [6.45, 7) is 0.347. The van der Waals surface area contributed by atoms with Gasteiger partial charge in [-0.2, -0.15) is 10.2 Å². The molecule has 3 heterocycles. The van der Waals surface area contributed by atoms with Gasteiger partial charge in [0.15, 0.2) is 5.69 Å². The molecule has 3 aromatic heterocycles. The molecule has 8 nitrogen and oxygen atoms in total. The number of halogens is 3. The summed E-state index contributed by atoms with van der Waals surface area (Å²) in [5, 5.41) is 20.2. The molecule has 1 fully saturated rings. The summed E-state index contributed by atoms with van der Waals surface area (Å²) in [7, 11) is 0. The minimum atomic E-state index is -0.334. The molecule has 0 amide bonds. The normalized spacial score (nSPS) is 14.5. The van der Waals surface area contributed by atoms with Crippen LogP contribution >= 0.6 is 34.8 Å². The van der Waals surface area contributed by atoms with Crippen molar-refractivity contribution in [2.45, 2.75) is 37.6 Å². The lowest BCUT2D eigenvalue weighted by Gasteiger charge is -2.25. The summed E-state index contributed by atoms with van der Waals surface area (Å²) in [4.78, 5) is 4.14. The molecule has 1 aliphatic carbocycles. The molecule has 3 aromatic carbocycles. The number of benzene rings is 3. The lowest BCUT2D eigenvalue weighted by atomic mass is 9.79. The van der Waals surface area contributed by atoms with Crippen molar-refractivity contribution in [3.05, 3.63) is 118 Å². The molecule has 1 saturated carbocycles. The van der Waals surface area contributed by atoms with Crippen LogP contribution in [0.15, 0.2) is 89.9 Å². The Hall–Kier alpha value is -3.98. The molecule has 7 rings (SSSR count). The van der Waals surface area contributed by atoms with Gasteiger partial charge in [-0.15, -0.1) is 10.2 Å². The standard InChI is InChI=1S/C31H24Cl3N7O/c32-22-10-8-20(9-11-22)28-24(17-40-19-35-18-36-40)27(39-41(28)26-13-12-23(33)16-25(26)34)29-37-38-30(42-29)31(14-4-5-15-31)21-6-2-1-3-7-21/h1-3,6-13,16,18-19H,4-5,14-15,17H2. The summed E-state index contributed by atoms with van der Waals surface area (Å²) >= 11 is 19.3. The SMILES string of the molecule is Clc1ccc(-c2c(Cn3cncn3)c(-c3nnc(C4(c5ccccc5)CCCC4)o3)nn2-c2ccc(Cl)cc2Cl)cc1. The Morgan fingerprint density at radius 1 is 0.857 bits per heavy atom. The quantitative estimate of drug-likeness (QED) is 0.180. The largest absolute Gasteiger partial charge is 0.418 e. The predicted octanol–water partition coefficient (Wildman–Crippen LogP) is 8.05. The fourth-order valence-electron chi connectivity index (χ4n) is 5.85. The highest BCUT2D eigenvalue weighted by atomic mass is 35.5. The van der Waals surface area contributed by atoms with E-state index in [-0.39, 0.29) is 5.41 Å². The van der Waals surface area contributed by atoms with E-state index in [0.717, 1.165) is 42.5 Å². The second-order valence-corrected chi connectivity index (χ2v) is 11.6. The highest BCUT2D eigenvalue weighted by Crippen LogP contribution is 2.47. The summed E-state index contributed by atoms with van der Waals surface area (Å²) in [5.74, 6) is 0.918. The van der Waals surface area contributed by atoms with Crippen LogP contribution in [0.4, 0.5) is 0 Å². The maximum Gasteiger partial charge on any atom is 0.268 e. The van der Waals surface area contributed by atoms with E-state index in [4.69, 9.17) is 44.3 Å². The van der Waals surface area contributed by atoms with Gasteiger partial charge in [-0.05, 0) is 48.7 Å². The molecule has 0 spiro atoms. The van der Waals surface area contributed by atoms with Crippen LogP contribution in [0.5, 0.6) is 0 Å². The molecule has 0 radical (unpaired) electrons. The molecule has 0 aliphatic heterocycles. The van der Waals surface area contributed by atoms with Crippen molar-refractivity contribution < 1.29 is 4.42 Å². The van der Waals surface area contributed by atoms with Crippen LogP contribution in [0.25, 0.3) is 28.5 Å². The molecule has 42 heavy (non-hydrogen) atoms. The Bertz CT molecular complexity index is 1840. The fraction of sp³-hybridized carbons (Fsp3) is 0.194. The summed E-state index contributed by atoms with van der Waals surface area (Å²) in [6.07, 6.45) is 7.22. The van der Waals surface area contributed by atoms with Crippen LogP contribution in [0.2, 0.25) is 15.1 Å². The lowest BCUT2D eigenvalue weighted by Crippen LogP contribution is -2.24. The number of rotatable bonds is 7. The van der Waals surface area contributed by atoms with Crippen LogP contribution in [-0.2, 0) is 12.0 Å². The average Bonchev–Trinajstić information content (AvgIpc) is 3.82. The third-order valence-electron chi connectivity index (χ3n) is 7.85. The third-order valence-corrected chi connectivity index (χ3v) is 8.64. The van der Waals surface area contributed by atoms with Crippen molar-refractivity contribution in [3.63, 3.8) is 0 Å². The highest BCUT2D eigenvalue weighted by Gasteiger charge is 2.42. The predicted molar refractivity (Wildman–Crippen MR) is 162 cm³/mol. The van der Waals surface area contributed by atoms with Crippen LogP contribution < -0.4 is 0 Å². The zero-order valence-electron chi connectivity index (χ0n) is 22.3. The number of aromatic nitrogens is 7. The van der Waals surface area contributed by atoms with E-state index in [9.17, 15) is 0 Å². The first kappa shape index (κ1) is 26.9. The van der Waals surface area contributed by atoms with Crippen LogP contribution in [-0.4, -0.2) is 34.7 Å². The second-order valence-electron chi connectivity index (χ2n) is 10.4. The van der Waals surface area contributed by atoms with Gasteiger partial charge in [0.05, 0.1) is 28.4 Å². The van der Waals surface area contributed by atoms with Crippen molar-refractivity contribution >= 4 is 34.8 Å². The average molecular weight is 617 g/mol. The Labute approximate surface area is 256 Å². The molecule has 0 saturated heterocycles. The lowest BCUT2D eigenvalue weighted by molar-refractivity contribution is 0.379. The van der Waals surface area contributed by atoms with E-state index >= 15 is 0 Å². The van der Waals surface area contributed by atoms with Gasteiger partial charge >= 0.3 is 0 Å². The van der Waals surface area contributed by atoms with Crippen LogP contribution in [0, 0.1) is 0 Å². The molecule has 0 bridgehead atoms. The van der Waals surface area contributed by atoms with E-state index in [1.54, 1.807) is 27.8 Å². The molecular weight excluding hydrogens is 593 g/mol. The minimum absolute atomic E-state index is 0.321. The van der Waals surface area contributed by atoms with Gasteiger partial charge in [-0.1, -0.05) is 90.1 Å². The first-order valence-corrected chi connectivity index (χ1v) is 14.7. The van der Waals surface area contributed by atoms with E-state index < -0.39 is 0 Å². The molecule has 0 N–H and O–H groups in total. The van der Waals surface area contributed by atoms with Crippen molar-refractivity contribution in [2.24, 2.45) is 0 Å². The number of hydrogen-bond acceptors (Lipinski definition) is 6. The van der Waals surface area contributed by atoms with Gasteiger partial charge in [0.25, 0.3) is 5.89 Å². The Kier molecular flexibility index (Phi) is 7.06. The Morgan fingerprint density at radius 2 is 1.62 bits per heavy atom. The van der Waals surface area contributed by atoms with Gasteiger partial charge in [0.1, 0.15) is 12.7 Å². The van der Waals surface area contributed by atoms with Crippen molar-refractivity contribution in [3.8, 4) is 28.5 Å². The summed E-state index contributed by atoms with van der Waals surface area (Å²) < 4.78 is 10.1. The topological polar surface area (TPSA) is 87.4 Å². The minimum Gasteiger partial charge on any atom is -0.418 e. The highest BCUT2D eigenvalue weighted by molar-refractivity contribution is 6.35. The molecule has 0 atom stereocenters. The van der Waals surface area contributed by atoms with E-state index in [1.165, 1.54) is 11.9 Å². The zero-order valence-corrected chi connectivity index (χ0v) is 24.6. The van der Waals surface area contributed by atoms with Gasteiger partial charge < -0.3 is 4.42 Å². The maximum atomic E-state index is 6.73. The number of nitrogens with zero attached hydrogens (tertiary/aromatic N) is 7. The third kappa shape index (κ3) is 4.79. The molecular formula is C31H24Cl3N7O. The Balaban J connectivity index is 1.45. The second kappa shape index (κ2) is 11.0. The van der Waals surface area contributed by atoms with E-state index in [0.29, 0.717) is 44.8 Å². The van der Waals surface area contributed by atoms with Gasteiger partial charge in [0.2, 0.25) is 5.89 Å². The zero-order chi connectivity index (χ0) is 28.7. The molecule has 0 unspecified atom stereocenters.